The van der Waals surface area contributed by atoms with Crippen molar-refractivity contribution in [3.8, 4) is 0 Å². The fourth-order valence-electron chi connectivity index (χ4n) is 2.25. The van der Waals surface area contributed by atoms with E-state index < -0.39 is 0 Å². The first-order valence-corrected chi connectivity index (χ1v) is 9.09. The predicted molar refractivity (Wildman–Crippen MR) is 108 cm³/mol. The van der Waals surface area contributed by atoms with Crippen molar-refractivity contribution < 1.29 is 14.3 Å². The Bertz CT molecular complexity index is 740. The lowest BCUT2D eigenvalue weighted by atomic mass is 10.1. The topological polar surface area (TPSA) is 79.5 Å². The molecule has 0 saturated heterocycles. The highest BCUT2D eigenvalue weighted by atomic mass is 16.5. The molecule has 0 unspecified atom stereocenters. The number of amides is 3. The van der Waals surface area contributed by atoms with Crippen LogP contribution in [0.4, 0.5) is 16.2 Å². The quantitative estimate of drug-likeness (QED) is 0.654. The van der Waals surface area contributed by atoms with E-state index in [9.17, 15) is 9.59 Å². The molecule has 0 saturated carbocycles. The molecule has 0 spiro atoms. The van der Waals surface area contributed by atoms with Crippen molar-refractivity contribution in [1.82, 2.24) is 5.32 Å². The van der Waals surface area contributed by atoms with Crippen LogP contribution in [0.15, 0.2) is 48.5 Å². The summed E-state index contributed by atoms with van der Waals surface area (Å²) in [6, 6.07) is 14.7. The summed E-state index contributed by atoms with van der Waals surface area (Å²) in [5.41, 5.74) is 3.47. The van der Waals surface area contributed by atoms with E-state index in [0.717, 1.165) is 11.1 Å². The second-order valence-corrected chi connectivity index (χ2v) is 6.48. The van der Waals surface area contributed by atoms with Gasteiger partial charge in [0.05, 0.1) is 6.61 Å². The van der Waals surface area contributed by atoms with Crippen LogP contribution in [-0.4, -0.2) is 18.5 Å². The lowest BCUT2D eigenvalue weighted by Crippen LogP contribution is -2.28. The number of anilines is 2. The van der Waals surface area contributed by atoms with Crippen molar-refractivity contribution in [3.63, 3.8) is 0 Å². The number of benzene rings is 2. The number of carbonyl (C=O) groups excluding carboxylic acids is 2. The highest BCUT2D eigenvalue weighted by Crippen LogP contribution is 2.14. The van der Waals surface area contributed by atoms with E-state index in [1.54, 1.807) is 24.3 Å². The molecule has 2 aromatic rings. The van der Waals surface area contributed by atoms with Gasteiger partial charge in [0.25, 0.3) is 0 Å². The number of urea groups is 1. The van der Waals surface area contributed by atoms with Crippen LogP contribution >= 0.6 is 0 Å². The molecule has 0 aliphatic rings. The van der Waals surface area contributed by atoms with Gasteiger partial charge < -0.3 is 20.7 Å². The summed E-state index contributed by atoms with van der Waals surface area (Å²) in [6.45, 7) is 7.35. The summed E-state index contributed by atoms with van der Waals surface area (Å²) in [5, 5.41) is 8.40. The molecular weight excluding hydrogens is 342 g/mol. The number of ether oxygens (including phenoxy) is 1. The van der Waals surface area contributed by atoms with Gasteiger partial charge in [0, 0.05) is 30.4 Å². The first-order valence-electron chi connectivity index (χ1n) is 9.09. The standard InChI is InChI=1S/C21H27N3O3/c1-4-27-14-17-7-5-16(6-8-17)13-22-21(26)24-19-11-9-18(10-12-19)23-20(25)15(2)3/h5-12,15H,4,13-14H2,1-3H3,(H,23,25)(H2,22,24,26). The Kier molecular flexibility index (Phi) is 7.82. The minimum Gasteiger partial charge on any atom is -0.377 e. The summed E-state index contributed by atoms with van der Waals surface area (Å²) < 4.78 is 5.36. The monoisotopic (exact) mass is 369 g/mol. The fraction of sp³-hybridized carbons (Fsp3) is 0.333. The molecule has 0 aliphatic carbocycles. The zero-order valence-electron chi connectivity index (χ0n) is 16.0. The molecule has 27 heavy (non-hydrogen) atoms. The number of nitrogens with one attached hydrogen (secondary N) is 3. The van der Waals surface area contributed by atoms with Crippen molar-refractivity contribution in [2.24, 2.45) is 5.92 Å². The molecule has 0 fully saturated rings. The van der Waals surface area contributed by atoms with Gasteiger partial charge in [-0.25, -0.2) is 4.79 Å². The summed E-state index contributed by atoms with van der Waals surface area (Å²) in [5.74, 6) is -0.123. The third-order valence-corrected chi connectivity index (χ3v) is 3.88. The van der Waals surface area contributed by atoms with Crippen LogP contribution in [0.3, 0.4) is 0 Å². The predicted octanol–water partition coefficient (Wildman–Crippen LogP) is 4.14. The van der Waals surface area contributed by atoms with Crippen LogP contribution < -0.4 is 16.0 Å². The molecule has 0 heterocycles. The summed E-state index contributed by atoms with van der Waals surface area (Å²) in [7, 11) is 0. The maximum absolute atomic E-state index is 12.0. The zero-order chi connectivity index (χ0) is 19.6. The normalized spacial score (nSPS) is 10.5. The Balaban J connectivity index is 1.79. The van der Waals surface area contributed by atoms with Crippen molar-refractivity contribution in [1.29, 1.82) is 0 Å². The van der Waals surface area contributed by atoms with Gasteiger partial charge in [0.1, 0.15) is 0 Å². The fourth-order valence-corrected chi connectivity index (χ4v) is 2.25. The van der Waals surface area contributed by atoms with Crippen molar-refractivity contribution >= 4 is 23.3 Å². The van der Waals surface area contributed by atoms with Crippen molar-refractivity contribution in [2.45, 2.75) is 33.9 Å². The average molecular weight is 369 g/mol. The molecule has 0 radical (unpaired) electrons. The first kappa shape index (κ1) is 20.5. The highest BCUT2D eigenvalue weighted by molar-refractivity contribution is 5.93. The Hall–Kier alpha value is -2.86. The molecule has 6 heteroatoms. The van der Waals surface area contributed by atoms with Gasteiger partial charge in [-0.1, -0.05) is 38.1 Å². The van der Waals surface area contributed by atoms with E-state index in [1.165, 1.54) is 0 Å². The average Bonchev–Trinajstić information content (AvgIpc) is 2.67. The van der Waals surface area contributed by atoms with Gasteiger partial charge in [-0.15, -0.1) is 0 Å². The minimum atomic E-state index is -0.285. The second-order valence-electron chi connectivity index (χ2n) is 6.48. The Morgan fingerprint density at radius 2 is 1.44 bits per heavy atom. The highest BCUT2D eigenvalue weighted by Gasteiger charge is 2.07. The first-order chi connectivity index (χ1) is 13.0. The maximum Gasteiger partial charge on any atom is 0.319 e. The van der Waals surface area contributed by atoms with E-state index in [2.05, 4.69) is 16.0 Å². The van der Waals surface area contributed by atoms with E-state index in [1.807, 2.05) is 45.0 Å². The number of carbonyl (C=O) groups is 2. The van der Waals surface area contributed by atoms with Crippen LogP contribution in [0, 0.1) is 5.92 Å². The summed E-state index contributed by atoms with van der Waals surface area (Å²) in [4.78, 5) is 23.7. The molecule has 2 rings (SSSR count). The third-order valence-electron chi connectivity index (χ3n) is 3.88. The van der Waals surface area contributed by atoms with Gasteiger partial charge in [-0.2, -0.15) is 0 Å². The Labute approximate surface area is 160 Å². The molecule has 0 bridgehead atoms. The third kappa shape index (κ3) is 7.11. The molecule has 3 N–H and O–H groups in total. The molecular formula is C21H27N3O3. The Morgan fingerprint density at radius 1 is 0.889 bits per heavy atom. The number of hydrogen-bond acceptors (Lipinski definition) is 3. The number of hydrogen-bond donors (Lipinski definition) is 3. The molecule has 0 aliphatic heterocycles. The smallest absolute Gasteiger partial charge is 0.319 e. The van der Waals surface area contributed by atoms with E-state index in [-0.39, 0.29) is 17.9 Å². The van der Waals surface area contributed by atoms with Crippen LogP contribution in [0.5, 0.6) is 0 Å². The SMILES string of the molecule is CCOCc1ccc(CNC(=O)Nc2ccc(NC(=O)C(C)C)cc2)cc1. The lowest BCUT2D eigenvalue weighted by Gasteiger charge is -2.10. The largest absolute Gasteiger partial charge is 0.377 e. The molecule has 0 aromatic heterocycles. The van der Waals surface area contributed by atoms with Gasteiger partial charge in [0.15, 0.2) is 0 Å². The van der Waals surface area contributed by atoms with Gasteiger partial charge in [0.2, 0.25) is 5.91 Å². The van der Waals surface area contributed by atoms with E-state index in [4.69, 9.17) is 4.74 Å². The summed E-state index contributed by atoms with van der Waals surface area (Å²) >= 11 is 0. The second kappa shape index (κ2) is 10.3. The maximum atomic E-state index is 12.0. The van der Waals surface area contributed by atoms with E-state index in [0.29, 0.717) is 31.1 Å². The van der Waals surface area contributed by atoms with Crippen LogP contribution in [0.25, 0.3) is 0 Å². The molecule has 144 valence electrons. The minimum absolute atomic E-state index is 0.0410. The van der Waals surface area contributed by atoms with Crippen LogP contribution in [0.1, 0.15) is 31.9 Å². The molecule has 3 amide bonds. The van der Waals surface area contributed by atoms with E-state index >= 15 is 0 Å². The number of rotatable bonds is 8. The van der Waals surface area contributed by atoms with Gasteiger partial charge in [-0.05, 0) is 42.3 Å². The molecule has 0 atom stereocenters. The molecule has 6 nitrogen and oxygen atoms in total. The molecule has 2 aromatic carbocycles. The Morgan fingerprint density at radius 3 is 2.00 bits per heavy atom. The van der Waals surface area contributed by atoms with Crippen LogP contribution in [0.2, 0.25) is 0 Å². The lowest BCUT2D eigenvalue weighted by molar-refractivity contribution is -0.118. The van der Waals surface area contributed by atoms with Gasteiger partial charge in [-0.3, -0.25) is 4.79 Å². The van der Waals surface area contributed by atoms with Crippen molar-refractivity contribution in [3.05, 3.63) is 59.7 Å². The van der Waals surface area contributed by atoms with Gasteiger partial charge >= 0.3 is 6.03 Å². The van der Waals surface area contributed by atoms with Crippen LogP contribution in [-0.2, 0) is 22.7 Å². The zero-order valence-corrected chi connectivity index (χ0v) is 16.0. The van der Waals surface area contributed by atoms with Crippen molar-refractivity contribution in [2.75, 3.05) is 17.2 Å². The summed E-state index contributed by atoms with van der Waals surface area (Å²) in [6.07, 6.45) is 0.